The summed E-state index contributed by atoms with van der Waals surface area (Å²) in [6, 6.07) is 29.3. The lowest BCUT2D eigenvalue weighted by atomic mass is 9.76. The predicted octanol–water partition coefficient (Wildman–Crippen LogP) is 10.3. The van der Waals surface area contributed by atoms with Gasteiger partial charge in [-0.3, -0.25) is 0 Å². The van der Waals surface area contributed by atoms with Crippen molar-refractivity contribution in [2.24, 2.45) is 0 Å². The number of hydrogen-bond donors (Lipinski definition) is 1. The summed E-state index contributed by atoms with van der Waals surface area (Å²) >= 11 is 0. The van der Waals surface area contributed by atoms with Crippen LogP contribution >= 0.6 is 0 Å². The highest BCUT2D eigenvalue weighted by Gasteiger charge is 2.44. The van der Waals surface area contributed by atoms with Gasteiger partial charge in [0.15, 0.2) is 5.60 Å². The Labute approximate surface area is 346 Å². The molecule has 1 fully saturated rings. The zero-order chi connectivity index (χ0) is 41.3. The van der Waals surface area contributed by atoms with Gasteiger partial charge in [-0.15, -0.1) is 0 Å². The number of nitrogens with zero attached hydrogens (tertiary/aromatic N) is 1. The summed E-state index contributed by atoms with van der Waals surface area (Å²) in [6.45, 7) is 13.0. The third-order valence-corrected chi connectivity index (χ3v) is 11.7. The second-order valence-corrected chi connectivity index (χ2v) is 16.0. The molecule has 9 nitrogen and oxygen atoms in total. The molecule has 1 aliphatic carbocycles. The van der Waals surface area contributed by atoms with Crippen molar-refractivity contribution in [3.05, 3.63) is 143 Å². The van der Waals surface area contributed by atoms with Gasteiger partial charge in [0.2, 0.25) is 0 Å². The van der Waals surface area contributed by atoms with Gasteiger partial charge in [0, 0.05) is 47.1 Å². The Morgan fingerprint density at radius 2 is 1.61 bits per heavy atom. The normalized spacial score (nSPS) is 16.4. The van der Waals surface area contributed by atoms with Crippen LogP contribution in [0.1, 0.15) is 61.4 Å². The lowest BCUT2D eigenvalue weighted by Gasteiger charge is -2.39. The molecule has 0 radical (unpaired) electrons. The number of amides is 1. The molecule has 0 aromatic heterocycles. The molecule has 8 rings (SSSR count). The van der Waals surface area contributed by atoms with Crippen molar-refractivity contribution in [3.8, 4) is 34.1 Å². The molecule has 0 unspecified atom stereocenters. The van der Waals surface area contributed by atoms with Gasteiger partial charge in [-0.05, 0) is 95.5 Å². The van der Waals surface area contributed by atoms with E-state index in [2.05, 4.69) is 103 Å². The van der Waals surface area contributed by atoms with Crippen LogP contribution in [0.5, 0.6) is 23.0 Å². The molecule has 0 bridgehead atoms. The van der Waals surface area contributed by atoms with Gasteiger partial charge >= 0.3 is 6.09 Å². The second-order valence-electron chi connectivity index (χ2n) is 16.0. The van der Waals surface area contributed by atoms with Crippen molar-refractivity contribution in [1.29, 1.82) is 0 Å². The number of fused-ring (bicyclic) bond motifs is 8. The van der Waals surface area contributed by atoms with Gasteiger partial charge in [0.25, 0.3) is 0 Å². The maximum absolute atomic E-state index is 12.5. The van der Waals surface area contributed by atoms with Crippen LogP contribution in [-0.2, 0) is 20.5 Å². The highest BCUT2D eigenvalue weighted by atomic mass is 16.5. The maximum atomic E-state index is 12.5. The molecule has 3 aliphatic rings. The number of rotatable bonds is 12. The van der Waals surface area contributed by atoms with Crippen LogP contribution in [-0.4, -0.2) is 60.3 Å². The van der Waals surface area contributed by atoms with E-state index >= 15 is 0 Å². The zero-order valence-electron chi connectivity index (χ0n) is 34.8. The van der Waals surface area contributed by atoms with E-state index in [0.717, 1.165) is 86.7 Å². The molecule has 9 heteroatoms. The first-order valence-corrected chi connectivity index (χ1v) is 20.2. The van der Waals surface area contributed by atoms with E-state index in [-0.39, 0.29) is 5.41 Å². The summed E-state index contributed by atoms with van der Waals surface area (Å²) in [5.74, 6) is 3.06. The van der Waals surface area contributed by atoms with Crippen molar-refractivity contribution >= 4 is 28.6 Å². The molecule has 1 N–H and O–H groups in total. The lowest BCUT2D eigenvalue weighted by molar-refractivity contribution is 0.149. The number of carbonyl (C=O) groups is 1. The fraction of sp³-hybridized carbons (Fsp3) is 0.300. The van der Waals surface area contributed by atoms with Crippen LogP contribution in [0.4, 0.5) is 10.5 Å². The molecule has 2 heterocycles. The Kier molecular flexibility index (Phi) is 10.9. The minimum Gasteiger partial charge on any atom is -0.497 e. The molecule has 0 spiro atoms. The predicted molar refractivity (Wildman–Crippen MR) is 234 cm³/mol. The number of carbonyl (C=O) groups excluding carboxylic acids is 1. The largest absolute Gasteiger partial charge is 0.497 e. The van der Waals surface area contributed by atoms with Crippen molar-refractivity contribution < 1.29 is 33.2 Å². The van der Waals surface area contributed by atoms with Crippen LogP contribution in [0.15, 0.2) is 115 Å². The van der Waals surface area contributed by atoms with Gasteiger partial charge in [-0.1, -0.05) is 80.6 Å². The fourth-order valence-corrected chi connectivity index (χ4v) is 8.88. The van der Waals surface area contributed by atoms with E-state index in [4.69, 9.17) is 28.4 Å². The van der Waals surface area contributed by atoms with E-state index in [0.29, 0.717) is 26.3 Å². The quantitative estimate of drug-likeness (QED) is 0.0759. The SMILES string of the molecule is C=C(C)COCCNC(=O)O/C=C1/CCCN(c2cc3c4c(c5c(c3cc2OC)OC(c2ccc(OC)cc2)(c2ccc(OC)cc2)C=C5)C(C)(C)c2ccccc2-4)C1. The minimum atomic E-state index is -0.968. The van der Waals surface area contributed by atoms with Crippen molar-refractivity contribution in [1.82, 2.24) is 5.32 Å². The van der Waals surface area contributed by atoms with E-state index in [9.17, 15) is 4.79 Å². The maximum Gasteiger partial charge on any atom is 0.412 e. The van der Waals surface area contributed by atoms with Gasteiger partial charge in [0.1, 0.15) is 23.0 Å². The summed E-state index contributed by atoms with van der Waals surface area (Å²) in [5.41, 5.74) is 9.56. The number of ether oxygens (including phenoxy) is 6. The monoisotopic (exact) mass is 792 g/mol. The Balaban J connectivity index is 1.24. The Morgan fingerprint density at radius 1 is 0.915 bits per heavy atom. The molecular weight excluding hydrogens is 741 g/mol. The van der Waals surface area contributed by atoms with Gasteiger partial charge < -0.3 is 38.6 Å². The molecule has 5 aromatic carbocycles. The summed E-state index contributed by atoms with van der Waals surface area (Å²) in [7, 11) is 5.07. The van der Waals surface area contributed by atoms with Gasteiger partial charge in [0.05, 0.1) is 46.5 Å². The first-order valence-electron chi connectivity index (χ1n) is 20.2. The van der Waals surface area contributed by atoms with Crippen LogP contribution in [0, 0.1) is 0 Å². The molecule has 59 heavy (non-hydrogen) atoms. The van der Waals surface area contributed by atoms with Crippen LogP contribution in [0.2, 0.25) is 0 Å². The second kappa shape index (κ2) is 16.2. The molecular formula is C50H52N2O7. The summed E-state index contributed by atoms with van der Waals surface area (Å²) in [4.78, 5) is 14.8. The van der Waals surface area contributed by atoms with Crippen molar-refractivity contribution in [3.63, 3.8) is 0 Å². The number of methoxy groups -OCH3 is 3. The smallest absolute Gasteiger partial charge is 0.412 e. The number of alkyl carbamates (subject to hydrolysis) is 1. The third-order valence-electron chi connectivity index (χ3n) is 11.7. The summed E-state index contributed by atoms with van der Waals surface area (Å²) in [6.07, 6.45) is 7.25. The van der Waals surface area contributed by atoms with Gasteiger partial charge in [-0.25, -0.2) is 4.79 Å². The average Bonchev–Trinajstić information content (AvgIpc) is 3.51. The number of nitrogens with one attached hydrogen (secondary N) is 1. The molecule has 2 aliphatic heterocycles. The van der Waals surface area contributed by atoms with E-state index in [1.807, 2.05) is 31.2 Å². The molecule has 1 amide bonds. The molecule has 0 saturated carbocycles. The van der Waals surface area contributed by atoms with E-state index < -0.39 is 11.7 Å². The summed E-state index contributed by atoms with van der Waals surface area (Å²) < 4.78 is 36.0. The van der Waals surface area contributed by atoms with Crippen LogP contribution in [0.3, 0.4) is 0 Å². The zero-order valence-corrected chi connectivity index (χ0v) is 34.8. The molecule has 304 valence electrons. The van der Waals surface area contributed by atoms with Crippen molar-refractivity contribution in [2.45, 2.75) is 44.6 Å². The van der Waals surface area contributed by atoms with Gasteiger partial charge in [-0.2, -0.15) is 0 Å². The minimum absolute atomic E-state index is 0.312. The first kappa shape index (κ1) is 39.6. The standard InChI is InChI=1S/C50H52N2O7/c1-32(2)30-57-26-24-51-48(53)58-31-33-11-10-25-52(29-33)43-27-40-41(28-44(43)56-7)47-39(46-45(40)38-12-8-9-13-42(38)49(46,3)4)22-23-50(59-47,34-14-18-36(54-5)19-15-34)35-16-20-37(55-6)21-17-35/h8-9,12-23,27-28,31H,1,10-11,24-26,29-30H2,2-7H3,(H,51,53)/b33-31-. The van der Waals surface area contributed by atoms with E-state index in [1.54, 1.807) is 27.6 Å². The Morgan fingerprint density at radius 3 is 2.27 bits per heavy atom. The Hall–Kier alpha value is -6.19. The number of hydrogen-bond acceptors (Lipinski definition) is 8. The fourth-order valence-electron chi connectivity index (χ4n) is 8.88. The topological polar surface area (TPSA) is 87.7 Å². The molecule has 5 aromatic rings. The summed E-state index contributed by atoms with van der Waals surface area (Å²) in [5, 5.41) is 4.80. The third kappa shape index (κ3) is 7.29. The Bertz CT molecular complexity index is 2420. The highest BCUT2D eigenvalue weighted by Crippen LogP contribution is 2.59. The van der Waals surface area contributed by atoms with Crippen molar-refractivity contribution in [2.75, 3.05) is 59.1 Å². The average molecular weight is 793 g/mol. The number of benzene rings is 5. The number of anilines is 1. The molecule has 1 saturated heterocycles. The highest BCUT2D eigenvalue weighted by molar-refractivity contribution is 6.10. The number of piperidine rings is 1. The van der Waals surface area contributed by atoms with Crippen LogP contribution < -0.4 is 29.2 Å². The molecule has 0 atom stereocenters. The first-order chi connectivity index (χ1) is 28.6. The van der Waals surface area contributed by atoms with Crippen LogP contribution in [0.25, 0.3) is 28.0 Å². The van der Waals surface area contributed by atoms with E-state index in [1.165, 1.54) is 22.3 Å². The lowest BCUT2D eigenvalue weighted by Crippen LogP contribution is -2.35.